The van der Waals surface area contributed by atoms with Crippen LogP contribution in [0, 0.1) is 0 Å². The molecule has 0 bridgehead atoms. The fraction of sp³-hybridized carbons (Fsp3) is 0. The Balaban J connectivity index is 2.51. The van der Waals surface area contributed by atoms with Crippen LogP contribution in [0.3, 0.4) is 0 Å². The van der Waals surface area contributed by atoms with Gasteiger partial charge in [0.05, 0.1) is 5.69 Å². The highest BCUT2D eigenvalue weighted by molar-refractivity contribution is 5.76. The van der Waals surface area contributed by atoms with Crippen LogP contribution >= 0.6 is 0 Å². The molecule has 0 saturated heterocycles. The van der Waals surface area contributed by atoms with Gasteiger partial charge in [0.25, 0.3) is 0 Å². The number of benzene rings is 1. The number of aldehydes is 1. The minimum atomic E-state index is 0.0226. The van der Waals surface area contributed by atoms with Gasteiger partial charge in [-0.15, -0.1) is 10.2 Å². The fourth-order valence-electron chi connectivity index (χ4n) is 1.16. The smallest absolute Gasteiger partial charge is 0.150 e. The second-order valence-corrected chi connectivity index (χ2v) is 2.74. The van der Waals surface area contributed by atoms with Crippen molar-refractivity contribution >= 4 is 6.29 Å². The number of nitrogens with zero attached hydrogens (tertiary/aromatic N) is 3. The summed E-state index contributed by atoms with van der Waals surface area (Å²) in [5.74, 6) is 0.0226. The summed E-state index contributed by atoms with van der Waals surface area (Å²) in [5, 5.41) is 16.8. The van der Waals surface area contributed by atoms with Gasteiger partial charge in [-0.25, -0.2) is 0 Å². The Morgan fingerprint density at radius 1 is 1.29 bits per heavy atom. The molecule has 5 nitrogen and oxygen atoms in total. The zero-order chi connectivity index (χ0) is 9.97. The lowest BCUT2D eigenvalue weighted by Crippen LogP contribution is -1.91. The molecule has 0 amide bonds. The van der Waals surface area contributed by atoms with Gasteiger partial charge in [-0.05, 0) is 18.2 Å². The Kier molecular flexibility index (Phi) is 1.98. The monoisotopic (exact) mass is 189 g/mol. The first kappa shape index (κ1) is 8.43. The molecular weight excluding hydrogens is 182 g/mol. The van der Waals surface area contributed by atoms with Gasteiger partial charge >= 0.3 is 0 Å². The van der Waals surface area contributed by atoms with Crippen molar-refractivity contribution in [1.29, 1.82) is 0 Å². The summed E-state index contributed by atoms with van der Waals surface area (Å²) in [6.07, 6.45) is 3.61. The van der Waals surface area contributed by atoms with Crippen molar-refractivity contribution in [1.82, 2.24) is 14.8 Å². The Morgan fingerprint density at radius 2 is 2.00 bits per heavy atom. The van der Waals surface area contributed by atoms with Crippen LogP contribution < -0.4 is 0 Å². The van der Waals surface area contributed by atoms with E-state index in [4.69, 9.17) is 0 Å². The van der Waals surface area contributed by atoms with Gasteiger partial charge in [0, 0.05) is 5.56 Å². The van der Waals surface area contributed by atoms with Crippen LogP contribution in [-0.2, 0) is 0 Å². The van der Waals surface area contributed by atoms with Gasteiger partial charge in [0.2, 0.25) is 0 Å². The molecule has 0 aliphatic carbocycles. The summed E-state index contributed by atoms with van der Waals surface area (Å²) >= 11 is 0. The van der Waals surface area contributed by atoms with E-state index in [1.54, 1.807) is 16.7 Å². The minimum absolute atomic E-state index is 0.0226. The molecule has 0 spiro atoms. The number of aromatic hydroxyl groups is 1. The van der Waals surface area contributed by atoms with Gasteiger partial charge in [-0.2, -0.15) is 0 Å². The van der Waals surface area contributed by atoms with Crippen LogP contribution in [0.4, 0.5) is 0 Å². The second kappa shape index (κ2) is 3.29. The summed E-state index contributed by atoms with van der Waals surface area (Å²) in [6, 6.07) is 4.63. The van der Waals surface area contributed by atoms with Crippen molar-refractivity contribution in [3.63, 3.8) is 0 Å². The molecule has 1 N–H and O–H groups in total. The number of hydrogen-bond donors (Lipinski definition) is 1. The van der Waals surface area contributed by atoms with E-state index in [1.807, 2.05) is 0 Å². The van der Waals surface area contributed by atoms with Gasteiger partial charge in [-0.1, -0.05) is 0 Å². The summed E-state index contributed by atoms with van der Waals surface area (Å²) in [5.41, 5.74) is 0.972. The quantitative estimate of drug-likeness (QED) is 0.709. The Labute approximate surface area is 79.6 Å². The van der Waals surface area contributed by atoms with Crippen LogP contribution in [-0.4, -0.2) is 26.2 Å². The number of phenols is 1. The van der Waals surface area contributed by atoms with Crippen molar-refractivity contribution in [3.8, 4) is 11.4 Å². The average Bonchev–Trinajstić information content (AvgIpc) is 2.70. The van der Waals surface area contributed by atoms with Crippen molar-refractivity contribution in [3.05, 3.63) is 36.4 Å². The Bertz CT molecular complexity index is 451. The van der Waals surface area contributed by atoms with Crippen LogP contribution in [0.1, 0.15) is 10.4 Å². The normalized spacial score (nSPS) is 10.0. The molecular formula is C9H7N3O2. The first-order valence-electron chi connectivity index (χ1n) is 3.94. The lowest BCUT2D eigenvalue weighted by atomic mass is 10.2. The highest BCUT2D eigenvalue weighted by Gasteiger charge is 2.03. The van der Waals surface area contributed by atoms with E-state index in [0.29, 0.717) is 17.5 Å². The van der Waals surface area contributed by atoms with Crippen molar-refractivity contribution in [2.45, 2.75) is 0 Å². The SMILES string of the molecule is O=Cc1ccc(-n2cnnc2)c(O)c1. The van der Waals surface area contributed by atoms with Gasteiger partial charge in [0.1, 0.15) is 24.7 Å². The van der Waals surface area contributed by atoms with Crippen molar-refractivity contribution in [2.75, 3.05) is 0 Å². The van der Waals surface area contributed by atoms with E-state index in [0.717, 1.165) is 0 Å². The van der Waals surface area contributed by atoms with Gasteiger partial charge in [-0.3, -0.25) is 9.36 Å². The maximum absolute atomic E-state index is 10.4. The fourth-order valence-corrected chi connectivity index (χ4v) is 1.16. The van der Waals surface area contributed by atoms with E-state index in [2.05, 4.69) is 10.2 Å². The lowest BCUT2D eigenvalue weighted by Gasteiger charge is -2.03. The number of aromatic nitrogens is 3. The summed E-state index contributed by atoms with van der Waals surface area (Å²) in [6.45, 7) is 0. The molecule has 2 rings (SSSR count). The largest absolute Gasteiger partial charge is 0.506 e. The molecule has 14 heavy (non-hydrogen) atoms. The third-order valence-electron chi connectivity index (χ3n) is 1.83. The molecule has 0 saturated carbocycles. The molecule has 5 heteroatoms. The molecule has 1 aromatic heterocycles. The number of hydrogen-bond acceptors (Lipinski definition) is 4. The number of carbonyl (C=O) groups is 1. The maximum Gasteiger partial charge on any atom is 0.150 e. The predicted molar refractivity (Wildman–Crippen MR) is 48.4 cm³/mol. The third kappa shape index (κ3) is 1.35. The highest BCUT2D eigenvalue weighted by atomic mass is 16.3. The number of phenolic OH excluding ortho intramolecular Hbond substituents is 1. The zero-order valence-corrected chi connectivity index (χ0v) is 7.16. The van der Waals surface area contributed by atoms with Crippen molar-refractivity contribution < 1.29 is 9.90 Å². The van der Waals surface area contributed by atoms with E-state index in [1.165, 1.54) is 18.7 Å². The van der Waals surface area contributed by atoms with Crippen LogP contribution in [0.15, 0.2) is 30.9 Å². The molecule has 0 aliphatic rings. The summed E-state index contributed by atoms with van der Waals surface area (Å²) in [7, 11) is 0. The predicted octanol–water partition coefficient (Wildman–Crippen LogP) is 0.785. The molecule has 0 fully saturated rings. The Morgan fingerprint density at radius 3 is 2.57 bits per heavy atom. The second-order valence-electron chi connectivity index (χ2n) is 2.74. The van der Waals surface area contributed by atoms with Crippen LogP contribution in [0.5, 0.6) is 5.75 Å². The Hall–Kier alpha value is -2.17. The van der Waals surface area contributed by atoms with E-state index in [-0.39, 0.29) is 5.75 Å². The van der Waals surface area contributed by atoms with E-state index in [9.17, 15) is 9.90 Å². The molecule has 1 aromatic carbocycles. The average molecular weight is 189 g/mol. The topological polar surface area (TPSA) is 68.0 Å². The maximum atomic E-state index is 10.4. The molecule has 0 aliphatic heterocycles. The highest BCUT2D eigenvalue weighted by Crippen LogP contribution is 2.21. The first-order valence-corrected chi connectivity index (χ1v) is 3.94. The van der Waals surface area contributed by atoms with E-state index >= 15 is 0 Å². The molecule has 1 heterocycles. The number of rotatable bonds is 2. The molecule has 0 unspecified atom stereocenters. The summed E-state index contributed by atoms with van der Waals surface area (Å²) in [4.78, 5) is 10.4. The molecule has 0 atom stereocenters. The first-order chi connectivity index (χ1) is 6.81. The van der Waals surface area contributed by atoms with Crippen molar-refractivity contribution in [2.24, 2.45) is 0 Å². The van der Waals surface area contributed by atoms with E-state index < -0.39 is 0 Å². The third-order valence-corrected chi connectivity index (χ3v) is 1.83. The zero-order valence-electron chi connectivity index (χ0n) is 7.16. The van der Waals surface area contributed by atoms with Crippen LogP contribution in [0.2, 0.25) is 0 Å². The minimum Gasteiger partial charge on any atom is -0.506 e. The molecule has 70 valence electrons. The lowest BCUT2D eigenvalue weighted by molar-refractivity contribution is 0.112. The number of carbonyl (C=O) groups excluding carboxylic acids is 1. The molecule has 2 aromatic rings. The van der Waals surface area contributed by atoms with Crippen LogP contribution in [0.25, 0.3) is 5.69 Å². The standard InChI is InChI=1S/C9H7N3O2/c13-4-7-1-2-8(9(14)3-7)12-5-10-11-6-12/h1-6,14H. The summed E-state index contributed by atoms with van der Waals surface area (Å²) < 4.78 is 1.56. The molecule has 0 radical (unpaired) electrons. The van der Waals surface area contributed by atoms with Gasteiger partial charge < -0.3 is 5.11 Å². The van der Waals surface area contributed by atoms with Gasteiger partial charge in [0.15, 0.2) is 0 Å².